The maximum Gasteiger partial charge on any atom is 0.120 e. The Kier molecular flexibility index (Phi) is 5.67. The molecule has 4 heteroatoms. The van der Waals surface area contributed by atoms with Crippen LogP contribution in [0, 0.1) is 0 Å². The number of anilines is 1. The predicted molar refractivity (Wildman–Crippen MR) is 59.4 cm³/mol. The van der Waals surface area contributed by atoms with E-state index in [4.69, 9.17) is 16.3 Å². The van der Waals surface area contributed by atoms with Gasteiger partial charge >= 0.3 is 0 Å². The van der Waals surface area contributed by atoms with Crippen molar-refractivity contribution in [2.75, 3.05) is 19.0 Å². The van der Waals surface area contributed by atoms with Gasteiger partial charge in [-0.3, -0.25) is 0 Å². The summed E-state index contributed by atoms with van der Waals surface area (Å²) in [5.41, 5.74) is 0.944. The highest BCUT2D eigenvalue weighted by Gasteiger charge is 1.99. The molecule has 74 valence electrons. The van der Waals surface area contributed by atoms with Gasteiger partial charge in [-0.2, -0.15) is 0 Å². The van der Waals surface area contributed by atoms with Crippen LogP contribution in [0.2, 0.25) is 5.02 Å². The van der Waals surface area contributed by atoms with Crippen LogP contribution in [-0.2, 0) is 0 Å². The van der Waals surface area contributed by atoms with Crippen LogP contribution in [0.3, 0.4) is 0 Å². The van der Waals surface area contributed by atoms with Crippen molar-refractivity contribution in [2.24, 2.45) is 0 Å². The van der Waals surface area contributed by atoms with Gasteiger partial charge < -0.3 is 10.1 Å². The molecule has 0 amide bonds. The molecule has 2 nitrogen and oxygen atoms in total. The number of rotatable bonds is 3. The Labute approximate surface area is 89.6 Å². The lowest BCUT2D eigenvalue weighted by Gasteiger charge is -2.06. The average molecular weight is 222 g/mol. The van der Waals surface area contributed by atoms with Gasteiger partial charge in [0.25, 0.3) is 0 Å². The van der Waals surface area contributed by atoms with Gasteiger partial charge in [-0.25, -0.2) is 0 Å². The van der Waals surface area contributed by atoms with Crippen LogP contribution in [0.15, 0.2) is 18.2 Å². The van der Waals surface area contributed by atoms with Crippen LogP contribution in [0.25, 0.3) is 0 Å². The maximum absolute atomic E-state index is 5.94. The summed E-state index contributed by atoms with van der Waals surface area (Å²) >= 11 is 5.94. The van der Waals surface area contributed by atoms with E-state index in [0.29, 0.717) is 5.02 Å². The summed E-state index contributed by atoms with van der Waals surface area (Å²) in [5, 5.41) is 3.83. The largest absolute Gasteiger partial charge is 0.497 e. The molecule has 0 saturated heterocycles. The van der Waals surface area contributed by atoms with Crippen molar-refractivity contribution < 1.29 is 4.74 Å². The highest BCUT2D eigenvalue weighted by atomic mass is 35.5. The molecule has 0 saturated carbocycles. The molecule has 0 aliphatic carbocycles. The Morgan fingerprint density at radius 2 is 2.15 bits per heavy atom. The lowest BCUT2D eigenvalue weighted by atomic mass is 10.3. The van der Waals surface area contributed by atoms with Gasteiger partial charge in [0, 0.05) is 12.6 Å². The van der Waals surface area contributed by atoms with Gasteiger partial charge in [0.1, 0.15) is 5.75 Å². The summed E-state index contributed by atoms with van der Waals surface area (Å²) in [4.78, 5) is 0. The van der Waals surface area contributed by atoms with Crippen molar-refractivity contribution in [1.82, 2.24) is 0 Å². The fourth-order valence-corrected chi connectivity index (χ4v) is 1.19. The van der Waals surface area contributed by atoms with Crippen LogP contribution in [0.4, 0.5) is 5.69 Å². The van der Waals surface area contributed by atoms with E-state index in [0.717, 1.165) is 18.0 Å². The molecule has 0 heterocycles. The quantitative estimate of drug-likeness (QED) is 0.847. The van der Waals surface area contributed by atoms with Gasteiger partial charge in [0.2, 0.25) is 0 Å². The highest BCUT2D eigenvalue weighted by Crippen LogP contribution is 2.26. The van der Waals surface area contributed by atoms with Crippen LogP contribution in [0.5, 0.6) is 5.75 Å². The molecule has 0 unspecified atom stereocenters. The Bertz CT molecular complexity index is 266. The molecule has 1 aromatic carbocycles. The van der Waals surface area contributed by atoms with E-state index in [1.54, 1.807) is 13.2 Å². The van der Waals surface area contributed by atoms with E-state index < -0.39 is 0 Å². The van der Waals surface area contributed by atoms with Crippen LogP contribution >= 0.6 is 24.0 Å². The van der Waals surface area contributed by atoms with Crippen LogP contribution in [-0.4, -0.2) is 13.7 Å². The highest BCUT2D eigenvalue weighted by molar-refractivity contribution is 6.33. The number of hydrogen-bond donors (Lipinski definition) is 1. The van der Waals surface area contributed by atoms with E-state index in [1.165, 1.54) is 0 Å². The van der Waals surface area contributed by atoms with Crippen LogP contribution < -0.4 is 10.1 Å². The van der Waals surface area contributed by atoms with Gasteiger partial charge in [-0.05, 0) is 19.1 Å². The normalized spacial score (nSPS) is 8.85. The number of benzene rings is 1. The third-order valence-corrected chi connectivity index (χ3v) is 1.86. The first-order chi connectivity index (χ1) is 5.77. The molecule has 1 rings (SSSR count). The van der Waals surface area contributed by atoms with E-state index in [1.807, 2.05) is 19.1 Å². The second-order valence-corrected chi connectivity index (χ2v) is 2.78. The number of nitrogens with one attached hydrogen (secondary N) is 1. The summed E-state index contributed by atoms with van der Waals surface area (Å²) in [6, 6.07) is 5.58. The molecule has 13 heavy (non-hydrogen) atoms. The zero-order valence-corrected chi connectivity index (χ0v) is 9.21. The van der Waals surface area contributed by atoms with E-state index in [-0.39, 0.29) is 12.4 Å². The SMILES string of the molecule is CCNc1ccc(OC)cc1Cl.Cl. The molecule has 0 atom stereocenters. The predicted octanol–water partition coefficient (Wildman–Crippen LogP) is 3.20. The molecule has 0 spiro atoms. The minimum Gasteiger partial charge on any atom is -0.497 e. The number of hydrogen-bond acceptors (Lipinski definition) is 2. The van der Waals surface area contributed by atoms with Gasteiger partial charge in [-0.15, -0.1) is 12.4 Å². The lowest BCUT2D eigenvalue weighted by Crippen LogP contribution is -1.96. The Balaban J connectivity index is 0.00000144. The van der Waals surface area contributed by atoms with E-state index in [2.05, 4.69) is 5.32 Å². The summed E-state index contributed by atoms with van der Waals surface area (Å²) in [6.45, 7) is 2.90. The Hall–Kier alpha value is -0.600. The number of ether oxygens (including phenoxy) is 1. The topological polar surface area (TPSA) is 21.3 Å². The van der Waals surface area contributed by atoms with Crippen molar-refractivity contribution >= 4 is 29.7 Å². The Morgan fingerprint density at radius 3 is 2.62 bits per heavy atom. The summed E-state index contributed by atoms with van der Waals surface area (Å²) in [6.07, 6.45) is 0. The van der Waals surface area contributed by atoms with Crippen molar-refractivity contribution in [3.05, 3.63) is 23.2 Å². The molecule has 0 aliphatic rings. The van der Waals surface area contributed by atoms with Gasteiger partial charge in [-0.1, -0.05) is 11.6 Å². The monoisotopic (exact) mass is 221 g/mol. The minimum absolute atomic E-state index is 0. The average Bonchev–Trinajstić information content (AvgIpc) is 2.09. The molecule has 1 N–H and O–H groups in total. The van der Waals surface area contributed by atoms with Gasteiger partial charge in [0.15, 0.2) is 0 Å². The Morgan fingerprint density at radius 1 is 1.46 bits per heavy atom. The van der Waals surface area contributed by atoms with E-state index >= 15 is 0 Å². The molecule has 0 fully saturated rings. The van der Waals surface area contributed by atoms with Crippen molar-refractivity contribution in [3.8, 4) is 5.75 Å². The van der Waals surface area contributed by atoms with Crippen molar-refractivity contribution in [2.45, 2.75) is 6.92 Å². The molecular weight excluding hydrogens is 209 g/mol. The summed E-state index contributed by atoms with van der Waals surface area (Å²) in [7, 11) is 1.62. The molecule has 0 radical (unpaired) electrons. The first-order valence-corrected chi connectivity index (χ1v) is 4.23. The van der Waals surface area contributed by atoms with Crippen LogP contribution in [0.1, 0.15) is 6.92 Å². The standard InChI is InChI=1S/C9H12ClNO.ClH/c1-3-11-9-5-4-7(12-2)6-8(9)10;/h4-6,11H,3H2,1-2H3;1H. The van der Waals surface area contributed by atoms with Gasteiger partial charge in [0.05, 0.1) is 17.8 Å². The fourth-order valence-electron chi connectivity index (χ4n) is 0.957. The molecule has 0 aromatic heterocycles. The zero-order chi connectivity index (χ0) is 8.97. The van der Waals surface area contributed by atoms with E-state index in [9.17, 15) is 0 Å². The van der Waals surface area contributed by atoms with Crippen molar-refractivity contribution in [1.29, 1.82) is 0 Å². The molecular formula is C9H13Cl2NO. The summed E-state index contributed by atoms with van der Waals surface area (Å²) < 4.78 is 5.02. The second-order valence-electron chi connectivity index (χ2n) is 2.38. The lowest BCUT2D eigenvalue weighted by molar-refractivity contribution is 0.415. The first-order valence-electron chi connectivity index (χ1n) is 3.85. The molecule has 0 aliphatic heterocycles. The third-order valence-electron chi connectivity index (χ3n) is 1.54. The minimum atomic E-state index is 0. The third kappa shape index (κ3) is 3.33. The molecule has 0 bridgehead atoms. The fraction of sp³-hybridized carbons (Fsp3) is 0.333. The first kappa shape index (κ1) is 12.4. The van der Waals surface area contributed by atoms with Crippen molar-refractivity contribution in [3.63, 3.8) is 0 Å². The maximum atomic E-state index is 5.94. The number of halogens is 2. The summed E-state index contributed by atoms with van der Waals surface area (Å²) in [5.74, 6) is 0.779. The molecule has 1 aromatic rings. The zero-order valence-electron chi connectivity index (χ0n) is 7.63. The number of methoxy groups -OCH3 is 1. The second kappa shape index (κ2) is 5.95. The smallest absolute Gasteiger partial charge is 0.120 e.